The largest absolute Gasteiger partial charge is 0.486 e. The highest BCUT2D eigenvalue weighted by Gasteiger charge is 2.13. The van der Waals surface area contributed by atoms with E-state index in [0.717, 1.165) is 27.5 Å². The van der Waals surface area contributed by atoms with E-state index in [1.165, 1.54) is 11.8 Å². The van der Waals surface area contributed by atoms with E-state index in [1.54, 1.807) is 0 Å². The van der Waals surface area contributed by atoms with E-state index in [2.05, 4.69) is 0 Å². The molecule has 1 aliphatic heterocycles. The quantitative estimate of drug-likeness (QED) is 0.485. The number of fused-ring (bicyclic) bond motifs is 1. The Labute approximate surface area is 139 Å². The minimum absolute atomic E-state index is 0.243. The number of benzene rings is 2. The summed E-state index contributed by atoms with van der Waals surface area (Å²) in [6.45, 7) is 5.07. The Morgan fingerprint density at radius 1 is 1.09 bits per heavy atom. The van der Waals surface area contributed by atoms with E-state index in [1.807, 2.05) is 50.2 Å². The van der Waals surface area contributed by atoms with Crippen LogP contribution in [0.1, 0.15) is 11.1 Å². The SMILES string of the molecule is Cc1ccc(OC(=O)CSc2ccc3c(c2)OCCO3)c(C)c1. The molecule has 0 radical (unpaired) electrons. The number of rotatable bonds is 4. The van der Waals surface area contributed by atoms with Crippen LogP contribution < -0.4 is 14.2 Å². The molecule has 3 rings (SSSR count). The fourth-order valence-corrected chi connectivity index (χ4v) is 3.02. The van der Waals surface area contributed by atoms with Gasteiger partial charge in [-0.2, -0.15) is 0 Å². The molecule has 5 heteroatoms. The summed E-state index contributed by atoms with van der Waals surface area (Å²) < 4.78 is 16.4. The van der Waals surface area contributed by atoms with Gasteiger partial charge in [-0.3, -0.25) is 4.79 Å². The van der Waals surface area contributed by atoms with Crippen LogP contribution in [0.25, 0.3) is 0 Å². The van der Waals surface area contributed by atoms with E-state index >= 15 is 0 Å². The monoisotopic (exact) mass is 330 g/mol. The minimum Gasteiger partial charge on any atom is -0.486 e. The lowest BCUT2D eigenvalue weighted by Crippen LogP contribution is -2.15. The molecule has 0 atom stereocenters. The average Bonchev–Trinajstić information content (AvgIpc) is 2.55. The molecule has 0 amide bonds. The van der Waals surface area contributed by atoms with Crippen LogP contribution in [0.4, 0.5) is 0 Å². The summed E-state index contributed by atoms with van der Waals surface area (Å²) in [4.78, 5) is 13.0. The van der Waals surface area contributed by atoms with Gasteiger partial charge in [-0.25, -0.2) is 0 Å². The van der Waals surface area contributed by atoms with Crippen molar-refractivity contribution in [1.29, 1.82) is 0 Å². The number of hydrogen-bond acceptors (Lipinski definition) is 5. The predicted molar refractivity (Wildman–Crippen MR) is 89.7 cm³/mol. The van der Waals surface area contributed by atoms with Crippen molar-refractivity contribution in [1.82, 2.24) is 0 Å². The molecule has 0 aromatic heterocycles. The van der Waals surface area contributed by atoms with E-state index in [-0.39, 0.29) is 11.7 Å². The Morgan fingerprint density at radius 2 is 1.87 bits per heavy atom. The third-order valence-corrected chi connectivity index (χ3v) is 4.39. The first-order valence-electron chi connectivity index (χ1n) is 7.42. The fourth-order valence-electron chi connectivity index (χ4n) is 2.32. The van der Waals surface area contributed by atoms with E-state index in [4.69, 9.17) is 14.2 Å². The second-order valence-electron chi connectivity index (χ2n) is 5.34. The van der Waals surface area contributed by atoms with Gasteiger partial charge in [0.05, 0.1) is 5.75 Å². The second-order valence-corrected chi connectivity index (χ2v) is 6.39. The van der Waals surface area contributed by atoms with Gasteiger partial charge in [-0.05, 0) is 43.7 Å². The maximum atomic E-state index is 12.0. The Balaban J connectivity index is 1.58. The summed E-state index contributed by atoms with van der Waals surface area (Å²) in [6.07, 6.45) is 0. The number of hydrogen-bond donors (Lipinski definition) is 0. The zero-order chi connectivity index (χ0) is 16.2. The van der Waals surface area contributed by atoms with Crippen LogP contribution in [0.2, 0.25) is 0 Å². The van der Waals surface area contributed by atoms with Crippen molar-refractivity contribution < 1.29 is 19.0 Å². The molecule has 0 unspecified atom stereocenters. The van der Waals surface area contributed by atoms with Gasteiger partial charge in [0, 0.05) is 4.90 Å². The number of esters is 1. The molecule has 0 bridgehead atoms. The van der Waals surface area contributed by atoms with Crippen molar-refractivity contribution in [2.24, 2.45) is 0 Å². The predicted octanol–water partition coefficient (Wildman–Crippen LogP) is 3.77. The van der Waals surface area contributed by atoms with Crippen LogP contribution in [0.3, 0.4) is 0 Å². The second kappa shape index (κ2) is 6.96. The highest BCUT2D eigenvalue weighted by molar-refractivity contribution is 8.00. The van der Waals surface area contributed by atoms with Gasteiger partial charge >= 0.3 is 5.97 Å². The van der Waals surface area contributed by atoms with E-state index < -0.39 is 0 Å². The third-order valence-electron chi connectivity index (χ3n) is 3.42. The molecule has 0 spiro atoms. The number of carbonyl (C=O) groups excluding carboxylic acids is 1. The Bertz CT molecular complexity index is 727. The first kappa shape index (κ1) is 15.7. The van der Waals surface area contributed by atoms with Gasteiger partial charge in [-0.15, -0.1) is 11.8 Å². The molecule has 0 saturated heterocycles. The summed E-state index contributed by atoms with van der Waals surface area (Å²) in [5, 5.41) is 0. The molecule has 2 aromatic carbocycles. The standard InChI is InChI=1S/C18H18O4S/c1-12-3-5-15(13(2)9-12)22-18(19)11-23-14-4-6-16-17(10-14)21-8-7-20-16/h3-6,9-10H,7-8,11H2,1-2H3. The van der Waals surface area contributed by atoms with Crippen molar-refractivity contribution in [2.75, 3.05) is 19.0 Å². The minimum atomic E-state index is -0.267. The van der Waals surface area contributed by atoms with Crippen molar-refractivity contribution in [3.05, 3.63) is 47.5 Å². The molecule has 0 saturated carbocycles. The van der Waals surface area contributed by atoms with Crippen molar-refractivity contribution >= 4 is 17.7 Å². The summed E-state index contributed by atoms with van der Waals surface area (Å²) >= 11 is 1.42. The highest BCUT2D eigenvalue weighted by atomic mass is 32.2. The highest BCUT2D eigenvalue weighted by Crippen LogP contribution is 2.34. The van der Waals surface area contributed by atoms with Crippen LogP contribution in [-0.2, 0) is 4.79 Å². The molecule has 0 N–H and O–H groups in total. The zero-order valence-electron chi connectivity index (χ0n) is 13.1. The van der Waals surface area contributed by atoms with Gasteiger partial charge in [0.25, 0.3) is 0 Å². The van der Waals surface area contributed by atoms with Crippen LogP contribution in [0, 0.1) is 13.8 Å². The third kappa shape index (κ3) is 3.99. The fraction of sp³-hybridized carbons (Fsp3) is 0.278. The van der Waals surface area contributed by atoms with Crippen molar-refractivity contribution in [3.8, 4) is 17.2 Å². The van der Waals surface area contributed by atoms with Crippen LogP contribution in [-0.4, -0.2) is 24.9 Å². The lowest BCUT2D eigenvalue weighted by Gasteiger charge is -2.18. The van der Waals surface area contributed by atoms with Gasteiger partial charge in [0.15, 0.2) is 11.5 Å². The number of carbonyl (C=O) groups is 1. The molecule has 4 nitrogen and oxygen atoms in total. The van der Waals surface area contributed by atoms with Gasteiger partial charge in [-0.1, -0.05) is 17.7 Å². The smallest absolute Gasteiger partial charge is 0.321 e. The van der Waals surface area contributed by atoms with Gasteiger partial charge < -0.3 is 14.2 Å². The maximum Gasteiger partial charge on any atom is 0.321 e. The Hall–Kier alpha value is -2.14. The summed E-state index contributed by atoms with van der Waals surface area (Å²) in [7, 11) is 0. The van der Waals surface area contributed by atoms with Crippen molar-refractivity contribution in [2.45, 2.75) is 18.7 Å². The summed E-state index contributed by atoms with van der Waals surface area (Å²) in [5.41, 5.74) is 2.11. The molecular weight excluding hydrogens is 312 g/mol. The zero-order valence-corrected chi connectivity index (χ0v) is 13.9. The molecule has 1 aliphatic rings. The molecule has 23 heavy (non-hydrogen) atoms. The molecule has 1 heterocycles. The lowest BCUT2D eigenvalue weighted by atomic mass is 10.1. The molecule has 120 valence electrons. The number of ether oxygens (including phenoxy) is 3. The van der Waals surface area contributed by atoms with E-state index in [9.17, 15) is 4.79 Å². The number of aryl methyl sites for hydroxylation is 2. The van der Waals surface area contributed by atoms with Crippen LogP contribution in [0.5, 0.6) is 17.2 Å². The molecule has 0 fully saturated rings. The molecular formula is C18H18O4S. The Morgan fingerprint density at radius 3 is 2.65 bits per heavy atom. The summed E-state index contributed by atoms with van der Waals surface area (Å²) in [6, 6.07) is 11.4. The average molecular weight is 330 g/mol. The van der Waals surface area contributed by atoms with E-state index in [0.29, 0.717) is 19.0 Å². The van der Waals surface area contributed by atoms with Crippen LogP contribution >= 0.6 is 11.8 Å². The lowest BCUT2D eigenvalue weighted by molar-refractivity contribution is -0.131. The Kier molecular flexibility index (Phi) is 4.76. The van der Waals surface area contributed by atoms with Gasteiger partial charge in [0.2, 0.25) is 0 Å². The maximum absolute atomic E-state index is 12.0. The first-order valence-corrected chi connectivity index (χ1v) is 8.41. The topological polar surface area (TPSA) is 44.8 Å². The van der Waals surface area contributed by atoms with Crippen LogP contribution in [0.15, 0.2) is 41.3 Å². The number of thioether (sulfide) groups is 1. The normalized spacial score (nSPS) is 12.8. The first-order chi connectivity index (χ1) is 11.1. The molecule has 2 aromatic rings. The molecule has 0 aliphatic carbocycles. The summed E-state index contributed by atoms with van der Waals surface area (Å²) in [5.74, 6) is 2.06. The van der Waals surface area contributed by atoms with Crippen molar-refractivity contribution in [3.63, 3.8) is 0 Å². The van der Waals surface area contributed by atoms with Gasteiger partial charge in [0.1, 0.15) is 19.0 Å².